The summed E-state index contributed by atoms with van der Waals surface area (Å²) in [5.41, 5.74) is 5.93. The van der Waals surface area contributed by atoms with E-state index in [1.807, 2.05) is 0 Å². The summed E-state index contributed by atoms with van der Waals surface area (Å²) < 4.78 is 24.0. The molecule has 7 nitrogen and oxygen atoms in total. The van der Waals surface area contributed by atoms with Gasteiger partial charge in [-0.1, -0.05) is 0 Å². The summed E-state index contributed by atoms with van der Waals surface area (Å²) >= 11 is 0. The molecule has 0 radical (unpaired) electrons. The van der Waals surface area contributed by atoms with Crippen LogP contribution in [-0.2, 0) is 10.0 Å². The molecule has 1 rings (SSSR count). The lowest BCUT2D eigenvalue weighted by atomic mass is 10.3. The molecule has 0 atom stereocenters. The number of rotatable bonds is 5. The van der Waals surface area contributed by atoms with Crippen molar-refractivity contribution in [2.75, 3.05) is 32.1 Å². The average molecular weight is 272 g/mol. The highest BCUT2D eigenvalue weighted by Crippen LogP contribution is 2.06. The van der Waals surface area contributed by atoms with Crippen LogP contribution >= 0.6 is 0 Å². The summed E-state index contributed by atoms with van der Waals surface area (Å²) in [6, 6.07) is 3.17. The molecule has 0 saturated heterocycles. The Hall–Kier alpha value is -1.67. The van der Waals surface area contributed by atoms with Gasteiger partial charge in [-0.2, -0.15) is 0 Å². The predicted octanol–water partition coefficient (Wildman–Crippen LogP) is -0.715. The van der Waals surface area contributed by atoms with Gasteiger partial charge in [-0.3, -0.25) is 4.79 Å². The van der Waals surface area contributed by atoms with Crippen molar-refractivity contribution in [1.29, 1.82) is 0 Å². The van der Waals surface area contributed by atoms with Crippen molar-refractivity contribution in [2.45, 2.75) is 0 Å². The number of amides is 1. The standard InChI is InChI=1S/C10H16N4O3S/c1-14(2)18(16,17)7-6-13-10(15)9-8(11)4-3-5-12-9/h3-5H,6-7,11H2,1-2H3,(H,13,15). The summed E-state index contributed by atoms with van der Waals surface area (Å²) in [4.78, 5) is 15.5. The smallest absolute Gasteiger partial charge is 0.272 e. The molecule has 0 aromatic carbocycles. The summed E-state index contributed by atoms with van der Waals surface area (Å²) in [7, 11) is -0.442. The minimum atomic E-state index is -3.32. The van der Waals surface area contributed by atoms with Crippen molar-refractivity contribution in [3.8, 4) is 0 Å². The van der Waals surface area contributed by atoms with Gasteiger partial charge in [0, 0.05) is 26.8 Å². The molecule has 0 spiro atoms. The number of carbonyl (C=O) groups is 1. The van der Waals surface area contributed by atoms with Crippen LogP contribution < -0.4 is 11.1 Å². The molecule has 1 amide bonds. The summed E-state index contributed by atoms with van der Waals surface area (Å²) in [6.45, 7) is 0.00929. The van der Waals surface area contributed by atoms with E-state index in [1.54, 1.807) is 12.1 Å². The summed E-state index contributed by atoms with van der Waals surface area (Å²) in [6.07, 6.45) is 1.45. The normalized spacial score (nSPS) is 11.5. The molecule has 0 bridgehead atoms. The Balaban J connectivity index is 2.56. The van der Waals surface area contributed by atoms with Crippen LogP contribution in [0.4, 0.5) is 5.69 Å². The minimum Gasteiger partial charge on any atom is -0.397 e. The van der Waals surface area contributed by atoms with E-state index in [9.17, 15) is 13.2 Å². The molecule has 1 heterocycles. The van der Waals surface area contributed by atoms with Crippen LogP contribution in [0.1, 0.15) is 10.5 Å². The molecule has 18 heavy (non-hydrogen) atoms. The molecule has 0 aliphatic carbocycles. The highest BCUT2D eigenvalue weighted by Gasteiger charge is 2.15. The zero-order valence-corrected chi connectivity index (χ0v) is 11.1. The minimum absolute atomic E-state index is 0.00929. The summed E-state index contributed by atoms with van der Waals surface area (Å²) in [5.74, 6) is -0.652. The van der Waals surface area contributed by atoms with Gasteiger partial charge in [-0.05, 0) is 12.1 Å². The third-order valence-corrected chi connectivity index (χ3v) is 4.09. The van der Waals surface area contributed by atoms with Crippen LogP contribution in [0, 0.1) is 0 Å². The van der Waals surface area contributed by atoms with Gasteiger partial charge in [-0.25, -0.2) is 17.7 Å². The van der Waals surface area contributed by atoms with Crippen LogP contribution in [0.2, 0.25) is 0 Å². The lowest BCUT2D eigenvalue weighted by Crippen LogP contribution is -2.34. The van der Waals surface area contributed by atoms with Crippen molar-refractivity contribution in [2.24, 2.45) is 0 Å². The van der Waals surface area contributed by atoms with Crippen molar-refractivity contribution in [1.82, 2.24) is 14.6 Å². The van der Waals surface area contributed by atoms with Gasteiger partial charge in [0.15, 0.2) is 5.69 Å². The number of nitrogens with zero attached hydrogens (tertiary/aromatic N) is 2. The fraction of sp³-hybridized carbons (Fsp3) is 0.400. The highest BCUT2D eigenvalue weighted by molar-refractivity contribution is 7.89. The van der Waals surface area contributed by atoms with E-state index in [1.165, 1.54) is 20.3 Å². The number of nitrogen functional groups attached to an aromatic ring is 1. The van der Waals surface area contributed by atoms with Crippen LogP contribution in [0.25, 0.3) is 0 Å². The first-order chi connectivity index (χ1) is 8.34. The molecular formula is C10H16N4O3S. The maximum Gasteiger partial charge on any atom is 0.272 e. The Morgan fingerprint density at radius 3 is 2.72 bits per heavy atom. The average Bonchev–Trinajstić information content (AvgIpc) is 2.29. The number of hydrogen-bond acceptors (Lipinski definition) is 5. The first-order valence-corrected chi connectivity index (χ1v) is 6.84. The third kappa shape index (κ3) is 3.67. The van der Waals surface area contributed by atoms with E-state index in [0.717, 1.165) is 4.31 Å². The Morgan fingerprint density at radius 2 is 2.17 bits per heavy atom. The molecule has 0 unspecified atom stereocenters. The second kappa shape index (κ2) is 5.78. The molecule has 100 valence electrons. The first kappa shape index (κ1) is 14.4. The van der Waals surface area contributed by atoms with Crippen molar-refractivity contribution in [3.05, 3.63) is 24.0 Å². The Labute approximate surface area is 106 Å². The van der Waals surface area contributed by atoms with Gasteiger partial charge in [0.25, 0.3) is 5.91 Å². The van der Waals surface area contributed by atoms with E-state index in [-0.39, 0.29) is 23.7 Å². The van der Waals surface area contributed by atoms with E-state index < -0.39 is 15.9 Å². The summed E-state index contributed by atoms with van der Waals surface area (Å²) in [5, 5.41) is 2.46. The van der Waals surface area contributed by atoms with Crippen molar-refractivity contribution >= 4 is 21.6 Å². The lowest BCUT2D eigenvalue weighted by molar-refractivity contribution is 0.0952. The number of nitrogens with one attached hydrogen (secondary N) is 1. The zero-order chi connectivity index (χ0) is 13.8. The molecule has 3 N–H and O–H groups in total. The molecule has 1 aromatic heterocycles. The molecule has 0 aliphatic rings. The van der Waals surface area contributed by atoms with Crippen molar-refractivity contribution < 1.29 is 13.2 Å². The Bertz CT molecular complexity index is 528. The SMILES string of the molecule is CN(C)S(=O)(=O)CCNC(=O)c1ncccc1N. The number of carbonyl (C=O) groups excluding carboxylic acids is 1. The molecule has 8 heteroatoms. The molecular weight excluding hydrogens is 256 g/mol. The van der Waals surface area contributed by atoms with Crippen LogP contribution in [0.3, 0.4) is 0 Å². The number of aromatic nitrogens is 1. The van der Waals surface area contributed by atoms with Crippen LogP contribution in [-0.4, -0.2) is 50.0 Å². The topological polar surface area (TPSA) is 105 Å². The van der Waals surface area contributed by atoms with Crippen LogP contribution in [0.15, 0.2) is 18.3 Å². The fourth-order valence-electron chi connectivity index (χ4n) is 1.17. The second-order valence-corrected chi connectivity index (χ2v) is 6.10. The largest absolute Gasteiger partial charge is 0.397 e. The van der Waals surface area contributed by atoms with E-state index in [0.29, 0.717) is 0 Å². The van der Waals surface area contributed by atoms with E-state index in [2.05, 4.69) is 10.3 Å². The first-order valence-electron chi connectivity index (χ1n) is 5.23. The Kier molecular flexibility index (Phi) is 4.62. The monoisotopic (exact) mass is 272 g/mol. The third-order valence-electron chi connectivity index (χ3n) is 2.26. The van der Waals surface area contributed by atoms with Gasteiger partial charge in [0.2, 0.25) is 10.0 Å². The number of pyridine rings is 1. The quantitative estimate of drug-likeness (QED) is 0.736. The number of anilines is 1. The fourth-order valence-corrected chi connectivity index (χ4v) is 1.89. The van der Waals surface area contributed by atoms with E-state index in [4.69, 9.17) is 5.73 Å². The van der Waals surface area contributed by atoms with Crippen molar-refractivity contribution in [3.63, 3.8) is 0 Å². The molecule has 0 fully saturated rings. The lowest BCUT2D eigenvalue weighted by Gasteiger charge is -2.11. The number of hydrogen-bond donors (Lipinski definition) is 2. The second-order valence-electron chi connectivity index (χ2n) is 3.80. The maximum atomic E-state index is 11.7. The van der Waals surface area contributed by atoms with Gasteiger partial charge in [0.1, 0.15) is 0 Å². The molecule has 0 saturated carbocycles. The zero-order valence-electron chi connectivity index (χ0n) is 10.3. The van der Waals surface area contributed by atoms with Gasteiger partial charge < -0.3 is 11.1 Å². The molecule has 1 aromatic rings. The van der Waals surface area contributed by atoms with Gasteiger partial charge in [-0.15, -0.1) is 0 Å². The highest BCUT2D eigenvalue weighted by atomic mass is 32.2. The van der Waals surface area contributed by atoms with E-state index >= 15 is 0 Å². The number of nitrogens with two attached hydrogens (primary N) is 1. The maximum absolute atomic E-state index is 11.7. The molecule has 0 aliphatic heterocycles. The van der Waals surface area contributed by atoms with Gasteiger partial charge >= 0.3 is 0 Å². The van der Waals surface area contributed by atoms with Crippen LogP contribution in [0.5, 0.6) is 0 Å². The van der Waals surface area contributed by atoms with Gasteiger partial charge in [0.05, 0.1) is 11.4 Å². The number of sulfonamides is 1. The Morgan fingerprint density at radius 1 is 1.50 bits per heavy atom. The predicted molar refractivity (Wildman–Crippen MR) is 68.5 cm³/mol.